The monoisotopic (exact) mass is 319 g/mol. The molecule has 0 saturated heterocycles. The summed E-state index contributed by atoms with van der Waals surface area (Å²) in [7, 11) is 0. The van der Waals surface area contributed by atoms with Crippen LogP contribution in [-0.2, 0) is 0 Å². The summed E-state index contributed by atoms with van der Waals surface area (Å²) in [6.07, 6.45) is 10.9. The summed E-state index contributed by atoms with van der Waals surface area (Å²) in [5, 5.41) is 0. The van der Waals surface area contributed by atoms with Gasteiger partial charge in [-0.3, -0.25) is 0 Å². The maximum atomic E-state index is 2.61. The van der Waals surface area contributed by atoms with Crippen molar-refractivity contribution < 1.29 is 17.0 Å². The molecule has 0 atom stereocenters. The topological polar surface area (TPSA) is 3.01 Å². The first-order valence-corrected chi connectivity index (χ1v) is 8.56. The predicted octanol–water partition coefficient (Wildman–Crippen LogP) is 2.46. The summed E-state index contributed by atoms with van der Waals surface area (Å²) < 4.78 is 2.61. The van der Waals surface area contributed by atoms with Crippen LogP contribution in [0.1, 0.15) is 69.1 Å². The van der Waals surface area contributed by atoms with Crippen molar-refractivity contribution in [2.75, 3.05) is 0 Å². The van der Waals surface area contributed by atoms with Gasteiger partial charge in [0.1, 0.15) is 0 Å². The SMILES string of the molecule is Cc1cc(C)c([N+]2=CC3(CCCCC3)CC2(C)C)c(C)c1.[Cl-]. The molecule has 1 nitrogen and oxygen atoms in total. The van der Waals surface area contributed by atoms with Gasteiger partial charge in [0, 0.05) is 31.4 Å². The van der Waals surface area contributed by atoms with Gasteiger partial charge in [-0.2, -0.15) is 4.58 Å². The van der Waals surface area contributed by atoms with Crippen molar-refractivity contribution in [1.29, 1.82) is 0 Å². The van der Waals surface area contributed by atoms with Gasteiger partial charge in [0.15, 0.2) is 11.8 Å². The standard InChI is InChI=1S/C20H30N.ClH/c1-15-11-16(2)18(17(3)12-15)21-14-20(13-19(21,4)5)9-7-6-8-10-20;/h11-12,14H,6-10,13H2,1-5H3;1H/q+1;/p-1. The Morgan fingerprint density at radius 2 is 1.45 bits per heavy atom. The van der Waals surface area contributed by atoms with Crippen LogP contribution in [-0.4, -0.2) is 16.3 Å². The summed E-state index contributed by atoms with van der Waals surface area (Å²) in [4.78, 5) is 0. The molecule has 1 aromatic rings. The van der Waals surface area contributed by atoms with Crippen molar-refractivity contribution in [2.24, 2.45) is 5.41 Å². The largest absolute Gasteiger partial charge is 1.00 e. The fourth-order valence-corrected chi connectivity index (χ4v) is 4.92. The van der Waals surface area contributed by atoms with Crippen molar-refractivity contribution >= 4 is 11.9 Å². The van der Waals surface area contributed by atoms with E-state index in [4.69, 9.17) is 0 Å². The van der Waals surface area contributed by atoms with Crippen molar-refractivity contribution in [1.82, 2.24) is 0 Å². The van der Waals surface area contributed by atoms with Gasteiger partial charge in [-0.25, -0.2) is 0 Å². The van der Waals surface area contributed by atoms with Gasteiger partial charge in [-0.15, -0.1) is 0 Å². The lowest BCUT2D eigenvalue weighted by Crippen LogP contribution is -3.00. The molecular formula is C20H30ClN. The Balaban J connectivity index is 0.00000176. The highest BCUT2D eigenvalue weighted by molar-refractivity contribution is 5.67. The maximum absolute atomic E-state index is 2.61. The quantitative estimate of drug-likeness (QED) is 0.700. The van der Waals surface area contributed by atoms with Crippen LogP contribution in [0.5, 0.6) is 0 Å². The summed E-state index contributed by atoms with van der Waals surface area (Å²) in [6, 6.07) is 4.66. The first-order valence-electron chi connectivity index (χ1n) is 8.56. The molecule has 22 heavy (non-hydrogen) atoms. The Morgan fingerprint density at radius 3 is 2.00 bits per heavy atom. The zero-order valence-electron chi connectivity index (χ0n) is 14.8. The Morgan fingerprint density at radius 1 is 0.909 bits per heavy atom. The average Bonchev–Trinajstić information content (AvgIpc) is 2.60. The summed E-state index contributed by atoms with van der Waals surface area (Å²) in [5.74, 6) is 0. The lowest BCUT2D eigenvalue weighted by atomic mass is 9.71. The average molecular weight is 320 g/mol. The molecule has 1 fully saturated rings. The van der Waals surface area contributed by atoms with E-state index in [1.807, 2.05) is 0 Å². The van der Waals surface area contributed by atoms with Crippen molar-refractivity contribution in [3.8, 4) is 0 Å². The van der Waals surface area contributed by atoms with Crippen molar-refractivity contribution in [3.63, 3.8) is 0 Å². The molecule has 1 aliphatic heterocycles. The normalized spacial score (nSPS) is 22.3. The first kappa shape index (κ1) is 17.5. The van der Waals surface area contributed by atoms with E-state index in [-0.39, 0.29) is 17.9 Å². The van der Waals surface area contributed by atoms with Gasteiger partial charge in [-0.1, -0.05) is 24.8 Å². The van der Waals surface area contributed by atoms with Crippen LogP contribution < -0.4 is 12.4 Å². The summed E-state index contributed by atoms with van der Waals surface area (Å²) >= 11 is 0. The smallest absolute Gasteiger partial charge is 0.211 e. The number of benzene rings is 1. The zero-order chi connectivity index (χ0) is 15.3. The van der Waals surface area contributed by atoms with E-state index in [0.717, 1.165) is 0 Å². The first-order chi connectivity index (χ1) is 9.83. The van der Waals surface area contributed by atoms with E-state index >= 15 is 0 Å². The van der Waals surface area contributed by atoms with Crippen LogP contribution in [0.25, 0.3) is 0 Å². The fraction of sp³-hybridized carbons (Fsp3) is 0.650. The van der Waals surface area contributed by atoms with Gasteiger partial charge in [0.05, 0.1) is 5.41 Å². The van der Waals surface area contributed by atoms with Gasteiger partial charge < -0.3 is 12.4 Å². The third-order valence-electron chi connectivity index (χ3n) is 5.57. The second kappa shape index (κ2) is 6.00. The minimum atomic E-state index is 0. The van der Waals surface area contributed by atoms with E-state index in [2.05, 4.69) is 57.5 Å². The molecule has 122 valence electrons. The third-order valence-corrected chi connectivity index (χ3v) is 5.57. The van der Waals surface area contributed by atoms with Crippen LogP contribution in [0, 0.1) is 26.2 Å². The Kier molecular flexibility index (Phi) is 4.78. The molecule has 1 aliphatic carbocycles. The Bertz CT molecular complexity index is 569. The molecule has 1 aromatic carbocycles. The number of rotatable bonds is 1. The van der Waals surface area contributed by atoms with E-state index < -0.39 is 0 Å². The van der Waals surface area contributed by atoms with Crippen LogP contribution >= 0.6 is 0 Å². The van der Waals surface area contributed by atoms with Crippen LogP contribution in [0.2, 0.25) is 0 Å². The minimum absolute atomic E-state index is 0. The van der Waals surface area contributed by atoms with E-state index in [1.54, 1.807) is 0 Å². The molecule has 0 radical (unpaired) electrons. The van der Waals surface area contributed by atoms with E-state index in [9.17, 15) is 0 Å². The molecule has 0 aromatic heterocycles. The number of halogens is 1. The fourth-order valence-electron chi connectivity index (χ4n) is 4.92. The van der Waals surface area contributed by atoms with Gasteiger partial charge in [-0.05, 0) is 45.7 Å². The maximum Gasteiger partial charge on any atom is 0.211 e. The number of hydrogen-bond donors (Lipinski definition) is 0. The molecule has 1 heterocycles. The van der Waals surface area contributed by atoms with Gasteiger partial charge in [0.25, 0.3) is 0 Å². The van der Waals surface area contributed by atoms with E-state index in [1.165, 1.54) is 60.9 Å². The molecule has 3 rings (SSSR count). The second-order valence-electron chi connectivity index (χ2n) is 8.16. The van der Waals surface area contributed by atoms with Gasteiger partial charge in [0.2, 0.25) is 5.69 Å². The summed E-state index contributed by atoms with van der Waals surface area (Å²) in [6.45, 7) is 11.6. The molecule has 0 bridgehead atoms. The molecule has 0 N–H and O–H groups in total. The minimum Gasteiger partial charge on any atom is -1.00 e. The highest BCUT2D eigenvalue weighted by atomic mass is 35.5. The Hall–Kier alpha value is -0.820. The van der Waals surface area contributed by atoms with Crippen LogP contribution in [0.15, 0.2) is 12.1 Å². The zero-order valence-corrected chi connectivity index (χ0v) is 15.6. The highest BCUT2D eigenvalue weighted by Crippen LogP contribution is 2.48. The molecule has 1 spiro atoms. The molecule has 1 saturated carbocycles. The molecule has 2 heteroatoms. The number of hydrogen-bond acceptors (Lipinski definition) is 0. The third kappa shape index (κ3) is 2.97. The number of aryl methyl sites for hydroxylation is 3. The lowest BCUT2D eigenvalue weighted by Gasteiger charge is -2.29. The van der Waals surface area contributed by atoms with Gasteiger partial charge >= 0.3 is 0 Å². The van der Waals surface area contributed by atoms with Crippen molar-refractivity contribution in [3.05, 3.63) is 28.8 Å². The second-order valence-corrected chi connectivity index (χ2v) is 8.16. The summed E-state index contributed by atoms with van der Waals surface area (Å²) in [5.41, 5.74) is 6.37. The number of nitrogens with zero attached hydrogens (tertiary/aromatic N) is 1. The molecule has 2 aliphatic rings. The van der Waals surface area contributed by atoms with E-state index in [0.29, 0.717) is 5.41 Å². The Labute approximate surface area is 142 Å². The van der Waals surface area contributed by atoms with Crippen molar-refractivity contribution in [2.45, 2.75) is 78.7 Å². The molecule has 0 amide bonds. The predicted molar refractivity (Wildman–Crippen MR) is 90.9 cm³/mol. The highest BCUT2D eigenvalue weighted by Gasteiger charge is 2.51. The molecular weight excluding hydrogens is 290 g/mol. The molecule has 0 unspecified atom stereocenters. The van der Waals surface area contributed by atoms with Crippen LogP contribution in [0.3, 0.4) is 0 Å². The lowest BCUT2D eigenvalue weighted by molar-refractivity contribution is -0.512. The van der Waals surface area contributed by atoms with Crippen LogP contribution in [0.4, 0.5) is 5.69 Å².